The van der Waals surface area contributed by atoms with Crippen LogP contribution in [0.25, 0.3) is 0 Å². The second kappa shape index (κ2) is 4.49. The highest BCUT2D eigenvalue weighted by Gasteiger charge is 2.25. The standard InChI is InChI=1S/C15H23NO/c1-11-5-6-12(9-11)10-16-8-7-13-14(16)3-2-4-15(13)17/h7-8,11-12,15,17H,2-6,9-10H2,1H3. The largest absolute Gasteiger partial charge is 0.388 e. The van der Waals surface area contributed by atoms with Crippen LogP contribution in [0.5, 0.6) is 0 Å². The Labute approximate surface area is 104 Å². The third-order valence-electron chi connectivity index (χ3n) is 4.62. The van der Waals surface area contributed by atoms with Crippen LogP contribution in [0.1, 0.15) is 56.4 Å². The molecule has 0 amide bonds. The molecule has 2 heteroatoms. The fraction of sp³-hybridized carbons (Fsp3) is 0.733. The van der Waals surface area contributed by atoms with Crippen molar-refractivity contribution < 1.29 is 5.11 Å². The second-order valence-electron chi connectivity index (χ2n) is 6.06. The highest BCUT2D eigenvalue weighted by atomic mass is 16.3. The van der Waals surface area contributed by atoms with E-state index >= 15 is 0 Å². The number of fused-ring (bicyclic) bond motifs is 1. The lowest BCUT2D eigenvalue weighted by Crippen LogP contribution is -2.15. The smallest absolute Gasteiger partial charge is 0.0807 e. The van der Waals surface area contributed by atoms with E-state index in [1.165, 1.54) is 37.1 Å². The van der Waals surface area contributed by atoms with Crippen molar-refractivity contribution in [3.63, 3.8) is 0 Å². The molecule has 3 atom stereocenters. The van der Waals surface area contributed by atoms with Crippen LogP contribution in [-0.2, 0) is 13.0 Å². The van der Waals surface area contributed by atoms with Gasteiger partial charge >= 0.3 is 0 Å². The van der Waals surface area contributed by atoms with E-state index in [1.54, 1.807) is 0 Å². The van der Waals surface area contributed by atoms with Gasteiger partial charge in [-0.2, -0.15) is 0 Å². The molecule has 0 aliphatic heterocycles. The van der Waals surface area contributed by atoms with Gasteiger partial charge in [0.2, 0.25) is 0 Å². The maximum atomic E-state index is 9.96. The van der Waals surface area contributed by atoms with Gasteiger partial charge in [0.15, 0.2) is 0 Å². The molecule has 0 saturated heterocycles. The Morgan fingerprint density at radius 1 is 1.35 bits per heavy atom. The average Bonchev–Trinajstić information content (AvgIpc) is 2.88. The van der Waals surface area contributed by atoms with Crippen molar-refractivity contribution in [3.8, 4) is 0 Å². The van der Waals surface area contributed by atoms with Gasteiger partial charge in [-0.3, -0.25) is 0 Å². The summed E-state index contributed by atoms with van der Waals surface area (Å²) >= 11 is 0. The van der Waals surface area contributed by atoms with Crippen molar-refractivity contribution in [2.75, 3.05) is 0 Å². The maximum absolute atomic E-state index is 9.96. The summed E-state index contributed by atoms with van der Waals surface area (Å²) < 4.78 is 2.42. The Kier molecular flexibility index (Phi) is 2.99. The summed E-state index contributed by atoms with van der Waals surface area (Å²) in [5.41, 5.74) is 2.60. The molecule has 0 radical (unpaired) electrons. The van der Waals surface area contributed by atoms with Crippen LogP contribution in [0, 0.1) is 11.8 Å². The lowest BCUT2D eigenvalue weighted by molar-refractivity contribution is 0.155. The predicted molar refractivity (Wildman–Crippen MR) is 68.8 cm³/mol. The van der Waals surface area contributed by atoms with Gasteiger partial charge in [-0.1, -0.05) is 13.3 Å². The van der Waals surface area contributed by atoms with E-state index in [9.17, 15) is 5.11 Å². The summed E-state index contributed by atoms with van der Waals surface area (Å²) in [7, 11) is 0. The predicted octanol–water partition coefficient (Wildman–Crippen LogP) is 3.29. The molecule has 94 valence electrons. The van der Waals surface area contributed by atoms with Gasteiger partial charge in [0.25, 0.3) is 0 Å². The first-order chi connectivity index (χ1) is 8.24. The third kappa shape index (κ3) is 2.15. The number of aromatic nitrogens is 1. The Morgan fingerprint density at radius 3 is 3.00 bits per heavy atom. The number of aliphatic hydroxyl groups excluding tert-OH is 1. The summed E-state index contributed by atoms with van der Waals surface area (Å²) in [5.74, 6) is 1.78. The van der Waals surface area contributed by atoms with Crippen LogP contribution < -0.4 is 0 Å². The SMILES string of the molecule is CC1CCC(Cn2ccc3c2CCCC3O)C1. The van der Waals surface area contributed by atoms with E-state index in [2.05, 4.69) is 23.8 Å². The van der Waals surface area contributed by atoms with Crippen LogP contribution >= 0.6 is 0 Å². The topological polar surface area (TPSA) is 25.2 Å². The number of hydrogen-bond acceptors (Lipinski definition) is 1. The van der Waals surface area contributed by atoms with Crippen molar-refractivity contribution in [2.45, 2.75) is 58.1 Å². The summed E-state index contributed by atoms with van der Waals surface area (Å²) in [6.07, 6.45) is 9.39. The highest BCUT2D eigenvalue weighted by molar-refractivity contribution is 5.27. The first-order valence-electron chi connectivity index (χ1n) is 7.10. The summed E-state index contributed by atoms with van der Waals surface area (Å²) in [4.78, 5) is 0. The normalized spacial score (nSPS) is 32.7. The molecule has 0 spiro atoms. The lowest BCUT2D eigenvalue weighted by atomic mass is 9.95. The quantitative estimate of drug-likeness (QED) is 0.833. The molecule has 0 aromatic carbocycles. The Bertz CT molecular complexity index is 396. The van der Waals surface area contributed by atoms with Crippen LogP contribution in [-0.4, -0.2) is 9.67 Å². The van der Waals surface area contributed by atoms with E-state index in [-0.39, 0.29) is 6.10 Å². The van der Waals surface area contributed by atoms with Gasteiger partial charge in [-0.05, 0) is 50.0 Å². The van der Waals surface area contributed by atoms with Crippen molar-refractivity contribution in [2.24, 2.45) is 11.8 Å². The fourth-order valence-electron chi connectivity index (χ4n) is 3.67. The number of rotatable bonds is 2. The molecule has 2 aliphatic rings. The average molecular weight is 233 g/mol. The first kappa shape index (κ1) is 11.3. The van der Waals surface area contributed by atoms with E-state index in [4.69, 9.17) is 0 Å². The van der Waals surface area contributed by atoms with Crippen LogP contribution in [0.15, 0.2) is 12.3 Å². The molecule has 2 aliphatic carbocycles. The molecular weight excluding hydrogens is 210 g/mol. The molecule has 1 N–H and O–H groups in total. The maximum Gasteiger partial charge on any atom is 0.0807 e. The summed E-state index contributed by atoms with van der Waals surface area (Å²) in [6.45, 7) is 3.54. The Morgan fingerprint density at radius 2 is 2.24 bits per heavy atom. The zero-order valence-electron chi connectivity index (χ0n) is 10.7. The molecule has 3 rings (SSSR count). The summed E-state index contributed by atoms with van der Waals surface area (Å²) in [6, 6.07) is 2.14. The molecule has 1 heterocycles. The van der Waals surface area contributed by atoms with Crippen LogP contribution in [0.2, 0.25) is 0 Å². The van der Waals surface area contributed by atoms with Gasteiger partial charge in [-0.15, -0.1) is 0 Å². The Balaban J connectivity index is 1.75. The third-order valence-corrected chi connectivity index (χ3v) is 4.62. The molecule has 2 nitrogen and oxygen atoms in total. The van der Waals surface area contributed by atoms with E-state index in [0.717, 1.165) is 31.1 Å². The lowest BCUT2D eigenvalue weighted by Gasteiger charge is -2.21. The number of aliphatic hydroxyl groups is 1. The van der Waals surface area contributed by atoms with Crippen molar-refractivity contribution in [3.05, 3.63) is 23.5 Å². The molecule has 1 aromatic heterocycles. The monoisotopic (exact) mass is 233 g/mol. The first-order valence-corrected chi connectivity index (χ1v) is 7.10. The Hall–Kier alpha value is -0.760. The van der Waals surface area contributed by atoms with Crippen LogP contribution in [0.3, 0.4) is 0 Å². The van der Waals surface area contributed by atoms with Gasteiger partial charge in [0, 0.05) is 24.0 Å². The molecular formula is C15H23NO. The van der Waals surface area contributed by atoms with Gasteiger partial charge in [-0.25, -0.2) is 0 Å². The zero-order chi connectivity index (χ0) is 11.8. The van der Waals surface area contributed by atoms with E-state index < -0.39 is 0 Å². The van der Waals surface area contributed by atoms with Crippen molar-refractivity contribution in [1.29, 1.82) is 0 Å². The van der Waals surface area contributed by atoms with Crippen molar-refractivity contribution in [1.82, 2.24) is 4.57 Å². The highest BCUT2D eigenvalue weighted by Crippen LogP contribution is 2.34. The van der Waals surface area contributed by atoms with Crippen molar-refractivity contribution >= 4 is 0 Å². The minimum absolute atomic E-state index is 0.206. The fourth-order valence-corrected chi connectivity index (χ4v) is 3.67. The molecule has 1 aromatic rings. The van der Waals surface area contributed by atoms with Crippen LogP contribution in [0.4, 0.5) is 0 Å². The zero-order valence-corrected chi connectivity index (χ0v) is 10.7. The molecule has 3 unspecified atom stereocenters. The van der Waals surface area contributed by atoms with E-state index in [0.29, 0.717) is 0 Å². The van der Waals surface area contributed by atoms with Gasteiger partial charge in [0.1, 0.15) is 0 Å². The second-order valence-corrected chi connectivity index (χ2v) is 6.06. The van der Waals surface area contributed by atoms with E-state index in [1.807, 2.05) is 0 Å². The van der Waals surface area contributed by atoms with Gasteiger partial charge in [0.05, 0.1) is 6.10 Å². The molecule has 1 saturated carbocycles. The van der Waals surface area contributed by atoms with Gasteiger partial charge < -0.3 is 9.67 Å². The number of nitrogens with zero attached hydrogens (tertiary/aromatic N) is 1. The number of hydrogen-bond donors (Lipinski definition) is 1. The summed E-state index contributed by atoms with van der Waals surface area (Å²) in [5, 5.41) is 9.96. The minimum Gasteiger partial charge on any atom is -0.388 e. The molecule has 17 heavy (non-hydrogen) atoms. The molecule has 1 fully saturated rings. The minimum atomic E-state index is -0.206. The molecule has 0 bridgehead atoms.